The summed E-state index contributed by atoms with van der Waals surface area (Å²) in [6.07, 6.45) is 0.999. The van der Waals surface area contributed by atoms with Gasteiger partial charge in [0.25, 0.3) is 0 Å². The lowest BCUT2D eigenvalue weighted by molar-refractivity contribution is 0.318. The summed E-state index contributed by atoms with van der Waals surface area (Å²) >= 11 is 0. The lowest BCUT2D eigenvalue weighted by atomic mass is 9.87. The molecular weight excluding hydrogens is 186 g/mol. The molecule has 84 valence electrons. The monoisotopic (exact) mass is 207 g/mol. The van der Waals surface area contributed by atoms with E-state index in [1.54, 1.807) is 0 Å². The van der Waals surface area contributed by atoms with Gasteiger partial charge in [-0.2, -0.15) is 0 Å². The number of anilines is 1. The Balaban J connectivity index is 2.95. The van der Waals surface area contributed by atoms with E-state index in [2.05, 4.69) is 33.8 Å². The van der Waals surface area contributed by atoms with E-state index < -0.39 is 0 Å². The van der Waals surface area contributed by atoms with Crippen LogP contribution in [0, 0.1) is 0 Å². The second-order valence-corrected chi connectivity index (χ2v) is 4.85. The van der Waals surface area contributed by atoms with E-state index in [0.717, 1.165) is 24.5 Å². The molecule has 0 spiro atoms. The minimum atomic E-state index is 0.137. The van der Waals surface area contributed by atoms with Crippen molar-refractivity contribution in [1.29, 1.82) is 0 Å². The Morgan fingerprint density at radius 3 is 2.47 bits per heavy atom. The zero-order valence-electron chi connectivity index (χ0n) is 10.1. The Labute approximate surface area is 92.4 Å². The lowest BCUT2D eigenvalue weighted by Gasteiger charge is -2.20. The first-order valence-electron chi connectivity index (χ1n) is 5.48. The minimum Gasteiger partial charge on any atom is -0.491 e. The van der Waals surface area contributed by atoms with Gasteiger partial charge in [0.1, 0.15) is 5.75 Å². The molecule has 1 rings (SSSR count). The molecule has 0 unspecified atom stereocenters. The standard InChI is InChI=1S/C13H21NO/c1-5-8-15-12-9-10(13(2,3)4)6-7-11(12)14/h6-7,9H,5,8,14H2,1-4H3. The van der Waals surface area contributed by atoms with Crippen LogP contribution in [0.5, 0.6) is 5.75 Å². The van der Waals surface area contributed by atoms with E-state index in [-0.39, 0.29) is 5.41 Å². The van der Waals surface area contributed by atoms with Gasteiger partial charge in [0.15, 0.2) is 0 Å². The Hall–Kier alpha value is -1.18. The molecule has 0 aromatic heterocycles. The second kappa shape index (κ2) is 4.56. The summed E-state index contributed by atoms with van der Waals surface area (Å²) in [4.78, 5) is 0. The molecule has 0 aliphatic rings. The van der Waals surface area contributed by atoms with Crippen molar-refractivity contribution in [3.8, 4) is 5.75 Å². The molecule has 0 bridgehead atoms. The molecule has 0 saturated carbocycles. The Bertz CT molecular complexity index is 326. The van der Waals surface area contributed by atoms with E-state index in [9.17, 15) is 0 Å². The fourth-order valence-corrected chi connectivity index (χ4v) is 1.34. The third kappa shape index (κ3) is 3.15. The summed E-state index contributed by atoms with van der Waals surface area (Å²) in [5.74, 6) is 0.810. The Morgan fingerprint density at radius 1 is 1.27 bits per heavy atom. The van der Waals surface area contributed by atoms with Crippen LogP contribution in [-0.2, 0) is 5.41 Å². The van der Waals surface area contributed by atoms with Crippen molar-refractivity contribution in [2.75, 3.05) is 12.3 Å². The number of nitrogens with two attached hydrogens (primary N) is 1. The summed E-state index contributed by atoms with van der Waals surface area (Å²) < 4.78 is 5.60. The van der Waals surface area contributed by atoms with Crippen molar-refractivity contribution in [2.24, 2.45) is 0 Å². The molecule has 2 nitrogen and oxygen atoms in total. The highest BCUT2D eigenvalue weighted by atomic mass is 16.5. The van der Waals surface area contributed by atoms with Gasteiger partial charge in [-0.1, -0.05) is 33.8 Å². The predicted octanol–water partition coefficient (Wildman–Crippen LogP) is 3.36. The Morgan fingerprint density at radius 2 is 1.93 bits per heavy atom. The first-order chi connectivity index (χ1) is 6.95. The molecular formula is C13H21NO. The van der Waals surface area contributed by atoms with Gasteiger partial charge in [-0.3, -0.25) is 0 Å². The average Bonchev–Trinajstić information content (AvgIpc) is 2.15. The topological polar surface area (TPSA) is 35.2 Å². The maximum absolute atomic E-state index is 5.85. The first-order valence-corrected chi connectivity index (χ1v) is 5.48. The summed E-state index contributed by atoms with van der Waals surface area (Å²) in [6.45, 7) is 9.36. The minimum absolute atomic E-state index is 0.137. The van der Waals surface area contributed by atoms with Crippen molar-refractivity contribution in [3.05, 3.63) is 23.8 Å². The van der Waals surface area contributed by atoms with Crippen LogP contribution in [0.25, 0.3) is 0 Å². The first kappa shape index (κ1) is 11.9. The highest BCUT2D eigenvalue weighted by Gasteiger charge is 2.15. The fraction of sp³-hybridized carbons (Fsp3) is 0.538. The molecule has 0 saturated heterocycles. The van der Waals surface area contributed by atoms with Crippen LogP contribution in [-0.4, -0.2) is 6.61 Å². The predicted molar refractivity (Wildman–Crippen MR) is 65.3 cm³/mol. The van der Waals surface area contributed by atoms with Crippen LogP contribution in [0.15, 0.2) is 18.2 Å². The zero-order chi connectivity index (χ0) is 11.5. The molecule has 0 atom stereocenters. The van der Waals surface area contributed by atoms with Crippen LogP contribution in [0.4, 0.5) is 5.69 Å². The van der Waals surface area contributed by atoms with Crippen LogP contribution in [0.2, 0.25) is 0 Å². The average molecular weight is 207 g/mol. The molecule has 0 radical (unpaired) electrons. The van der Waals surface area contributed by atoms with Crippen molar-refractivity contribution in [3.63, 3.8) is 0 Å². The molecule has 0 fully saturated rings. The van der Waals surface area contributed by atoms with Crippen molar-refractivity contribution < 1.29 is 4.74 Å². The van der Waals surface area contributed by atoms with Crippen molar-refractivity contribution in [2.45, 2.75) is 39.5 Å². The number of nitrogen functional groups attached to an aromatic ring is 1. The highest BCUT2D eigenvalue weighted by molar-refractivity contribution is 5.54. The molecule has 0 heterocycles. The van der Waals surface area contributed by atoms with E-state index in [1.165, 1.54) is 5.56 Å². The van der Waals surface area contributed by atoms with Crippen LogP contribution < -0.4 is 10.5 Å². The van der Waals surface area contributed by atoms with E-state index >= 15 is 0 Å². The molecule has 0 aliphatic carbocycles. The summed E-state index contributed by atoms with van der Waals surface area (Å²) in [5, 5.41) is 0. The molecule has 0 amide bonds. The lowest BCUT2D eigenvalue weighted by Crippen LogP contribution is -2.11. The van der Waals surface area contributed by atoms with Gasteiger partial charge in [0.2, 0.25) is 0 Å². The van der Waals surface area contributed by atoms with E-state index in [0.29, 0.717) is 0 Å². The molecule has 2 N–H and O–H groups in total. The fourth-order valence-electron chi connectivity index (χ4n) is 1.34. The second-order valence-electron chi connectivity index (χ2n) is 4.85. The summed E-state index contributed by atoms with van der Waals surface area (Å²) in [5.41, 5.74) is 7.96. The molecule has 15 heavy (non-hydrogen) atoms. The number of hydrogen-bond acceptors (Lipinski definition) is 2. The largest absolute Gasteiger partial charge is 0.491 e. The maximum Gasteiger partial charge on any atom is 0.142 e. The quantitative estimate of drug-likeness (QED) is 0.771. The Kier molecular flexibility index (Phi) is 3.61. The van der Waals surface area contributed by atoms with Gasteiger partial charge in [0.05, 0.1) is 12.3 Å². The van der Waals surface area contributed by atoms with Gasteiger partial charge in [-0.05, 0) is 29.5 Å². The third-order valence-electron chi connectivity index (χ3n) is 2.34. The zero-order valence-corrected chi connectivity index (χ0v) is 10.1. The van der Waals surface area contributed by atoms with Gasteiger partial charge < -0.3 is 10.5 Å². The van der Waals surface area contributed by atoms with Gasteiger partial charge in [0, 0.05) is 0 Å². The van der Waals surface area contributed by atoms with Crippen LogP contribution in [0.3, 0.4) is 0 Å². The van der Waals surface area contributed by atoms with Crippen molar-refractivity contribution in [1.82, 2.24) is 0 Å². The number of benzene rings is 1. The summed E-state index contributed by atoms with van der Waals surface area (Å²) in [6, 6.07) is 6.03. The van der Waals surface area contributed by atoms with Gasteiger partial charge in [-0.25, -0.2) is 0 Å². The van der Waals surface area contributed by atoms with Crippen molar-refractivity contribution >= 4 is 5.69 Å². The SMILES string of the molecule is CCCOc1cc(C(C)(C)C)ccc1N. The molecule has 2 heteroatoms. The van der Waals surface area contributed by atoms with Crippen LogP contribution >= 0.6 is 0 Å². The van der Waals surface area contributed by atoms with Gasteiger partial charge in [-0.15, -0.1) is 0 Å². The highest BCUT2D eigenvalue weighted by Crippen LogP contribution is 2.29. The smallest absolute Gasteiger partial charge is 0.142 e. The van der Waals surface area contributed by atoms with Gasteiger partial charge >= 0.3 is 0 Å². The van der Waals surface area contributed by atoms with E-state index in [4.69, 9.17) is 10.5 Å². The molecule has 1 aromatic rings. The van der Waals surface area contributed by atoms with Crippen LogP contribution in [0.1, 0.15) is 39.7 Å². The van der Waals surface area contributed by atoms with E-state index in [1.807, 2.05) is 12.1 Å². The molecule has 1 aromatic carbocycles. The number of ether oxygens (including phenoxy) is 1. The number of hydrogen-bond donors (Lipinski definition) is 1. The number of rotatable bonds is 3. The summed E-state index contributed by atoms with van der Waals surface area (Å²) in [7, 11) is 0. The third-order valence-corrected chi connectivity index (χ3v) is 2.34. The molecule has 0 aliphatic heterocycles. The maximum atomic E-state index is 5.85. The normalized spacial score (nSPS) is 11.5.